The van der Waals surface area contributed by atoms with Crippen molar-refractivity contribution in [1.29, 1.82) is 0 Å². The third-order valence-electron chi connectivity index (χ3n) is 4.20. The molecule has 1 saturated carbocycles. The van der Waals surface area contributed by atoms with Crippen LogP contribution < -0.4 is 0 Å². The number of rotatable bonds is 2. The fraction of sp³-hybridized carbons (Fsp3) is 0.600. The second kappa shape index (κ2) is 5.31. The largest absolute Gasteiger partial charge is 0.508 e. The molecule has 0 N–H and O–H groups in total. The summed E-state index contributed by atoms with van der Waals surface area (Å²) in [5, 5.41) is 0. The SMILES string of the molecule is C=C(C)C(=O)OC1CC(C)C2(COC(=O)OC2)CC1=C. The van der Waals surface area contributed by atoms with Crippen LogP contribution >= 0.6 is 0 Å². The normalized spacial score (nSPS) is 28.5. The van der Waals surface area contributed by atoms with Crippen molar-refractivity contribution < 1.29 is 23.8 Å². The third-order valence-corrected chi connectivity index (χ3v) is 4.20. The molecule has 2 atom stereocenters. The van der Waals surface area contributed by atoms with Crippen LogP contribution in [0.3, 0.4) is 0 Å². The average Bonchev–Trinajstić information content (AvgIpc) is 2.39. The highest BCUT2D eigenvalue weighted by Crippen LogP contribution is 2.46. The first-order valence-electron chi connectivity index (χ1n) is 6.68. The summed E-state index contributed by atoms with van der Waals surface area (Å²) < 4.78 is 15.4. The maximum Gasteiger partial charge on any atom is 0.508 e. The molecule has 2 rings (SSSR count). The minimum atomic E-state index is -0.621. The van der Waals surface area contributed by atoms with E-state index in [-0.39, 0.29) is 17.4 Å². The molecule has 1 aliphatic carbocycles. The number of carbonyl (C=O) groups excluding carboxylic acids is 2. The smallest absolute Gasteiger partial charge is 0.455 e. The molecule has 1 aliphatic heterocycles. The Morgan fingerprint density at radius 1 is 1.40 bits per heavy atom. The molecule has 2 fully saturated rings. The predicted octanol–water partition coefficient (Wildman–Crippen LogP) is 2.61. The van der Waals surface area contributed by atoms with Crippen LogP contribution in [-0.4, -0.2) is 31.4 Å². The van der Waals surface area contributed by atoms with Gasteiger partial charge in [-0.3, -0.25) is 0 Å². The minimum Gasteiger partial charge on any atom is -0.455 e. The standard InChI is InChI=1S/C15H20O5/c1-9(2)13(16)20-12-5-11(4)15(6-10(12)3)7-18-14(17)19-8-15/h11-12H,1,3,5-8H2,2,4H3. The van der Waals surface area contributed by atoms with E-state index in [1.165, 1.54) is 0 Å². The Morgan fingerprint density at radius 3 is 2.55 bits per heavy atom. The van der Waals surface area contributed by atoms with Gasteiger partial charge in [-0.05, 0) is 31.3 Å². The van der Waals surface area contributed by atoms with E-state index in [1.807, 2.05) is 0 Å². The molecule has 5 heteroatoms. The van der Waals surface area contributed by atoms with Crippen LogP contribution in [0.2, 0.25) is 0 Å². The Hall–Kier alpha value is -1.78. The molecule has 0 bridgehead atoms. The van der Waals surface area contributed by atoms with Gasteiger partial charge in [0.15, 0.2) is 0 Å². The number of esters is 1. The van der Waals surface area contributed by atoms with Crippen LogP contribution in [0.25, 0.3) is 0 Å². The second-order valence-electron chi connectivity index (χ2n) is 5.84. The van der Waals surface area contributed by atoms with E-state index in [9.17, 15) is 9.59 Å². The molecular formula is C15H20O5. The average molecular weight is 280 g/mol. The molecule has 0 aromatic carbocycles. The fourth-order valence-electron chi connectivity index (χ4n) is 2.71. The van der Waals surface area contributed by atoms with Gasteiger partial charge < -0.3 is 14.2 Å². The first kappa shape index (κ1) is 14.6. The second-order valence-corrected chi connectivity index (χ2v) is 5.84. The molecule has 0 radical (unpaired) electrons. The summed E-state index contributed by atoms with van der Waals surface area (Å²) in [4.78, 5) is 22.6. The fourth-order valence-corrected chi connectivity index (χ4v) is 2.71. The van der Waals surface area contributed by atoms with Crippen molar-refractivity contribution in [3.05, 3.63) is 24.3 Å². The van der Waals surface area contributed by atoms with E-state index in [4.69, 9.17) is 14.2 Å². The number of cyclic esters (lactones) is 2. The van der Waals surface area contributed by atoms with Gasteiger partial charge in [0, 0.05) is 11.0 Å². The summed E-state index contributed by atoms with van der Waals surface area (Å²) in [6.45, 7) is 11.9. The molecule has 1 spiro atoms. The molecule has 0 aromatic rings. The first-order chi connectivity index (χ1) is 9.34. The summed E-state index contributed by atoms with van der Waals surface area (Å²) in [7, 11) is 0. The highest BCUT2D eigenvalue weighted by atomic mass is 16.7. The van der Waals surface area contributed by atoms with Crippen molar-refractivity contribution in [2.45, 2.75) is 32.8 Å². The van der Waals surface area contributed by atoms with E-state index >= 15 is 0 Å². The lowest BCUT2D eigenvalue weighted by molar-refractivity contribution is -0.148. The van der Waals surface area contributed by atoms with E-state index in [0.29, 0.717) is 31.6 Å². The van der Waals surface area contributed by atoms with E-state index in [0.717, 1.165) is 5.57 Å². The predicted molar refractivity (Wildman–Crippen MR) is 72.0 cm³/mol. The molecule has 0 amide bonds. The van der Waals surface area contributed by atoms with Crippen molar-refractivity contribution in [3.8, 4) is 0 Å². The van der Waals surface area contributed by atoms with Crippen LogP contribution in [-0.2, 0) is 19.0 Å². The molecule has 1 heterocycles. The quantitative estimate of drug-likeness (QED) is 0.442. The van der Waals surface area contributed by atoms with Gasteiger partial charge in [0.05, 0.1) is 0 Å². The maximum absolute atomic E-state index is 11.6. The van der Waals surface area contributed by atoms with Crippen LogP contribution in [0.5, 0.6) is 0 Å². The van der Waals surface area contributed by atoms with Gasteiger partial charge in [0.2, 0.25) is 0 Å². The zero-order valence-electron chi connectivity index (χ0n) is 11.9. The number of carbonyl (C=O) groups is 2. The molecule has 20 heavy (non-hydrogen) atoms. The van der Waals surface area contributed by atoms with Crippen LogP contribution in [0.1, 0.15) is 26.7 Å². The number of hydrogen-bond acceptors (Lipinski definition) is 5. The van der Waals surface area contributed by atoms with Gasteiger partial charge in [-0.15, -0.1) is 0 Å². The van der Waals surface area contributed by atoms with Gasteiger partial charge in [-0.1, -0.05) is 20.1 Å². The highest BCUT2D eigenvalue weighted by molar-refractivity contribution is 5.87. The Balaban J connectivity index is 2.05. The van der Waals surface area contributed by atoms with E-state index < -0.39 is 12.1 Å². The number of ether oxygens (including phenoxy) is 3. The molecule has 110 valence electrons. The Bertz CT molecular complexity index is 455. The zero-order chi connectivity index (χ0) is 14.9. The summed E-state index contributed by atoms with van der Waals surface area (Å²) in [6, 6.07) is 0. The molecule has 2 unspecified atom stereocenters. The van der Waals surface area contributed by atoms with E-state index in [1.54, 1.807) is 6.92 Å². The maximum atomic E-state index is 11.6. The topological polar surface area (TPSA) is 61.8 Å². The van der Waals surface area contributed by atoms with Crippen LogP contribution in [0, 0.1) is 11.3 Å². The van der Waals surface area contributed by atoms with Crippen LogP contribution in [0.15, 0.2) is 24.3 Å². The Kier molecular flexibility index (Phi) is 3.88. The molecular weight excluding hydrogens is 260 g/mol. The van der Waals surface area contributed by atoms with Gasteiger partial charge in [0.1, 0.15) is 19.3 Å². The van der Waals surface area contributed by atoms with Gasteiger partial charge in [-0.2, -0.15) is 0 Å². The summed E-state index contributed by atoms with van der Waals surface area (Å²) in [6.07, 6.45) is 0.343. The van der Waals surface area contributed by atoms with Crippen molar-refractivity contribution >= 4 is 12.1 Å². The van der Waals surface area contributed by atoms with Gasteiger partial charge in [-0.25, -0.2) is 9.59 Å². The molecule has 0 aromatic heterocycles. The van der Waals surface area contributed by atoms with Crippen molar-refractivity contribution in [1.82, 2.24) is 0 Å². The van der Waals surface area contributed by atoms with Crippen molar-refractivity contribution in [3.63, 3.8) is 0 Å². The van der Waals surface area contributed by atoms with Gasteiger partial charge >= 0.3 is 12.1 Å². The number of hydrogen-bond donors (Lipinski definition) is 0. The third kappa shape index (κ3) is 2.71. The molecule has 1 saturated heterocycles. The van der Waals surface area contributed by atoms with Gasteiger partial charge in [0.25, 0.3) is 0 Å². The zero-order valence-corrected chi connectivity index (χ0v) is 11.9. The Morgan fingerprint density at radius 2 is 2.00 bits per heavy atom. The highest BCUT2D eigenvalue weighted by Gasteiger charge is 2.48. The van der Waals surface area contributed by atoms with Crippen LogP contribution in [0.4, 0.5) is 4.79 Å². The summed E-state index contributed by atoms with van der Waals surface area (Å²) in [5.41, 5.74) is 0.955. The monoisotopic (exact) mass is 280 g/mol. The molecule has 2 aliphatic rings. The molecule has 5 nitrogen and oxygen atoms in total. The minimum absolute atomic E-state index is 0.198. The lowest BCUT2D eigenvalue weighted by Gasteiger charge is -2.46. The van der Waals surface area contributed by atoms with Crippen molar-refractivity contribution in [2.24, 2.45) is 11.3 Å². The van der Waals surface area contributed by atoms with Crippen molar-refractivity contribution in [2.75, 3.05) is 13.2 Å². The summed E-state index contributed by atoms with van der Waals surface area (Å²) in [5.74, 6) is -0.199. The van der Waals surface area contributed by atoms with E-state index in [2.05, 4.69) is 20.1 Å². The first-order valence-corrected chi connectivity index (χ1v) is 6.68. The summed E-state index contributed by atoms with van der Waals surface area (Å²) >= 11 is 0. The lowest BCUT2D eigenvalue weighted by Crippen LogP contribution is -2.49. The lowest BCUT2D eigenvalue weighted by atomic mass is 9.65. The Labute approximate surface area is 118 Å².